The van der Waals surface area contributed by atoms with Gasteiger partial charge in [-0.1, -0.05) is 13.8 Å². The molecule has 0 aromatic heterocycles. The molecule has 3 nitrogen and oxygen atoms in total. The van der Waals surface area contributed by atoms with Gasteiger partial charge in [-0.15, -0.1) is 0 Å². The van der Waals surface area contributed by atoms with Crippen LogP contribution in [0.4, 0.5) is 0 Å². The topological polar surface area (TPSA) is 47.6 Å². The first-order valence-electron chi connectivity index (χ1n) is 5.82. The summed E-state index contributed by atoms with van der Waals surface area (Å²) in [4.78, 5) is 3.80. The van der Waals surface area contributed by atoms with E-state index in [9.17, 15) is 0 Å². The van der Waals surface area contributed by atoms with Gasteiger partial charge in [0, 0.05) is 13.2 Å². The summed E-state index contributed by atoms with van der Waals surface area (Å²) in [7, 11) is 0. The van der Waals surface area contributed by atoms with Gasteiger partial charge in [-0.2, -0.15) is 0 Å². The molecule has 0 spiro atoms. The van der Waals surface area contributed by atoms with Crippen LogP contribution in [0.3, 0.4) is 0 Å². The van der Waals surface area contributed by atoms with Crippen molar-refractivity contribution in [1.29, 1.82) is 0 Å². The van der Waals surface area contributed by atoms with Gasteiger partial charge in [0.25, 0.3) is 0 Å². The van der Waals surface area contributed by atoms with Crippen molar-refractivity contribution in [1.82, 2.24) is 0 Å². The predicted molar refractivity (Wildman–Crippen MR) is 74.7 cm³/mol. The lowest BCUT2D eigenvalue weighted by Gasteiger charge is -2.14. The highest BCUT2D eigenvalue weighted by Crippen LogP contribution is 2.09. The summed E-state index contributed by atoms with van der Waals surface area (Å²) < 4.78 is 5.63. The Morgan fingerprint density at radius 2 is 2.12 bits per heavy atom. The molecule has 2 N–H and O–H groups in total. The molecule has 0 aliphatic rings. The zero-order valence-corrected chi connectivity index (χ0v) is 11.3. The molecule has 1 unspecified atom stereocenters. The number of hydrogen-bond donors (Lipinski definition) is 1. The van der Waals surface area contributed by atoms with E-state index in [4.69, 9.17) is 10.5 Å². The molecule has 3 heteroatoms. The van der Waals surface area contributed by atoms with Crippen LogP contribution in [-0.4, -0.2) is 19.4 Å². The monoisotopic (exact) mass is 228 g/mol. The SMILES string of the molecule is C=N/C(C)=C\C(=C/C)OC(C)CCN.CC.[HH]. The molecule has 0 aliphatic carbocycles. The van der Waals surface area contributed by atoms with Gasteiger partial charge in [0.05, 0.1) is 6.10 Å². The second-order valence-corrected chi connectivity index (χ2v) is 3.14. The Morgan fingerprint density at radius 1 is 1.56 bits per heavy atom. The smallest absolute Gasteiger partial charge is 0.117 e. The molecule has 0 rings (SSSR count). The third-order valence-corrected chi connectivity index (χ3v) is 1.80. The van der Waals surface area contributed by atoms with Gasteiger partial charge >= 0.3 is 0 Å². The van der Waals surface area contributed by atoms with E-state index >= 15 is 0 Å². The summed E-state index contributed by atoms with van der Waals surface area (Å²) in [6, 6.07) is 0. The number of nitrogens with two attached hydrogens (primary N) is 1. The fourth-order valence-corrected chi connectivity index (χ4v) is 0.963. The third-order valence-electron chi connectivity index (χ3n) is 1.80. The Hall–Kier alpha value is -1.09. The molecule has 16 heavy (non-hydrogen) atoms. The first-order chi connectivity index (χ1) is 7.63. The van der Waals surface area contributed by atoms with Crippen molar-refractivity contribution in [2.75, 3.05) is 6.54 Å². The Labute approximate surface area is 102 Å². The molecule has 96 valence electrons. The summed E-state index contributed by atoms with van der Waals surface area (Å²) in [5.74, 6) is 0.816. The van der Waals surface area contributed by atoms with Crippen LogP contribution in [0.15, 0.2) is 28.6 Å². The quantitative estimate of drug-likeness (QED) is 0.429. The van der Waals surface area contributed by atoms with Crippen molar-refractivity contribution in [2.24, 2.45) is 10.7 Å². The van der Waals surface area contributed by atoms with Crippen LogP contribution in [0.25, 0.3) is 0 Å². The fraction of sp³-hybridized carbons (Fsp3) is 0.615. The summed E-state index contributed by atoms with van der Waals surface area (Å²) in [6.45, 7) is 13.9. The van der Waals surface area contributed by atoms with E-state index < -0.39 is 0 Å². The van der Waals surface area contributed by atoms with Gasteiger partial charge < -0.3 is 10.5 Å². The maximum atomic E-state index is 5.63. The van der Waals surface area contributed by atoms with E-state index in [-0.39, 0.29) is 7.53 Å². The molecule has 0 aromatic carbocycles. The molecule has 0 aliphatic heterocycles. The molecule has 0 saturated heterocycles. The van der Waals surface area contributed by atoms with E-state index in [1.807, 2.05) is 46.8 Å². The lowest BCUT2D eigenvalue weighted by molar-refractivity contribution is 0.135. The standard InChI is InChI=1S/C11H20N2O.C2H6.H2/c1-5-11(8-9(2)13-4)14-10(3)6-7-12;1-2;/h5,8,10H,4,6-7,12H2,1-3H3;1-2H3;1H/b9-8-,11-5+;;. The molecule has 1 atom stereocenters. The lowest BCUT2D eigenvalue weighted by Crippen LogP contribution is -2.13. The number of hydrogen-bond acceptors (Lipinski definition) is 3. The van der Waals surface area contributed by atoms with Crippen LogP contribution in [-0.2, 0) is 4.74 Å². The van der Waals surface area contributed by atoms with Crippen molar-refractivity contribution in [3.8, 4) is 0 Å². The maximum absolute atomic E-state index is 5.63. The van der Waals surface area contributed by atoms with E-state index in [0.717, 1.165) is 17.9 Å². The molecule has 0 bridgehead atoms. The molecular weight excluding hydrogens is 200 g/mol. The highest BCUT2D eigenvalue weighted by Gasteiger charge is 2.02. The highest BCUT2D eigenvalue weighted by molar-refractivity contribution is 5.30. The van der Waals surface area contributed by atoms with Crippen LogP contribution in [0.2, 0.25) is 0 Å². The minimum absolute atomic E-state index is 0. The first-order valence-corrected chi connectivity index (χ1v) is 5.82. The lowest BCUT2D eigenvalue weighted by atomic mass is 10.3. The minimum Gasteiger partial charge on any atom is -0.491 e. The molecule has 0 saturated carbocycles. The number of rotatable bonds is 6. The summed E-state index contributed by atoms with van der Waals surface area (Å²) in [5.41, 5.74) is 6.28. The minimum atomic E-state index is 0. The van der Waals surface area contributed by atoms with Crippen LogP contribution >= 0.6 is 0 Å². The van der Waals surface area contributed by atoms with Crippen molar-refractivity contribution >= 4 is 6.72 Å². The van der Waals surface area contributed by atoms with E-state index in [1.165, 1.54) is 0 Å². The summed E-state index contributed by atoms with van der Waals surface area (Å²) in [5, 5.41) is 0. The molecule has 0 aromatic rings. The Kier molecular flexibility index (Phi) is 13.0. The largest absolute Gasteiger partial charge is 0.491 e. The Bertz CT molecular complexity index is 238. The Balaban J connectivity index is -0.000000616. The highest BCUT2D eigenvalue weighted by atomic mass is 16.5. The molecule has 0 fully saturated rings. The van der Waals surface area contributed by atoms with Crippen LogP contribution < -0.4 is 5.73 Å². The predicted octanol–water partition coefficient (Wildman–Crippen LogP) is 3.52. The van der Waals surface area contributed by atoms with Crippen molar-refractivity contribution in [3.63, 3.8) is 0 Å². The number of nitrogens with zero attached hydrogens (tertiary/aromatic N) is 1. The van der Waals surface area contributed by atoms with Crippen molar-refractivity contribution < 1.29 is 6.16 Å². The molecule has 0 amide bonds. The van der Waals surface area contributed by atoms with Gasteiger partial charge in [-0.05, 0) is 46.5 Å². The summed E-state index contributed by atoms with van der Waals surface area (Å²) >= 11 is 0. The van der Waals surface area contributed by atoms with Gasteiger partial charge in [0.2, 0.25) is 0 Å². The normalized spacial score (nSPS) is 13.6. The van der Waals surface area contributed by atoms with Crippen LogP contribution in [0.5, 0.6) is 0 Å². The summed E-state index contributed by atoms with van der Waals surface area (Å²) in [6.07, 6.45) is 4.76. The fourth-order valence-electron chi connectivity index (χ4n) is 0.963. The first kappa shape index (κ1) is 17.3. The number of allylic oxidation sites excluding steroid dienone is 3. The second kappa shape index (κ2) is 12.0. The average molecular weight is 228 g/mol. The maximum Gasteiger partial charge on any atom is 0.117 e. The third kappa shape index (κ3) is 9.46. The van der Waals surface area contributed by atoms with E-state index in [2.05, 4.69) is 11.7 Å². The number of aliphatic imine (C=N–C) groups is 1. The average Bonchev–Trinajstić information content (AvgIpc) is 2.30. The molecular formula is C13H28N2O. The van der Waals surface area contributed by atoms with E-state index in [1.54, 1.807) is 0 Å². The van der Waals surface area contributed by atoms with Gasteiger partial charge in [0.15, 0.2) is 0 Å². The zero-order valence-electron chi connectivity index (χ0n) is 11.3. The van der Waals surface area contributed by atoms with Gasteiger partial charge in [-0.25, -0.2) is 0 Å². The second-order valence-electron chi connectivity index (χ2n) is 3.14. The number of ether oxygens (including phenoxy) is 1. The van der Waals surface area contributed by atoms with Crippen molar-refractivity contribution in [3.05, 3.63) is 23.6 Å². The van der Waals surface area contributed by atoms with Gasteiger partial charge in [-0.3, -0.25) is 4.99 Å². The zero-order chi connectivity index (χ0) is 13.0. The Morgan fingerprint density at radius 3 is 2.50 bits per heavy atom. The van der Waals surface area contributed by atoms with Gasteiger partial charge in [0.1, 0.15) is 5.76 Å². The molecule has 0 radical (unpaired) electrons. The van der Waals surface area contributed by atoms with Crippen LogP contribution in [0, 0.1) is 0 Å². The van der Waals surface area contributed by atoms with Crippen molar-refractivity contribution in [2.45, 2.75) is 47.1 Å². The van der Waals surface area contributed by atoms with Crippen LogP contribution in [0.1, 0.15) is 42.5 Å². The van der Waals surface area contributed by atoms with E-state index in [0.29, 0.717) is 6.54 Å². The molecule has 0 heterocycles.